The number of hydrogen-bond acceptors (Lipinski definition) is 6. The number of carbonyl (C=O) groups is 3. The maximum Gasteiger partial charge on any atom is 0.272 e. The average Bonchev–Trinajstić information content (AvgIpc) is 3.48. The second kappa shape index (κ2) is 8.41. The lowest BCUT2D eigenvalue weighted by Gasteiger charge is -2.17. The molecule has 1 fully saturated rings. The number of anilines is 1. The fourth-order valence-corrected chi connectivity index (χ4v) is 4.34. The number of amides is 2. The highest BCUT2D eigenvalue weighted by atomic mass is 16.5. The van der Waals surface area contributed by atoms with Crippen molar-refractivity contribution in [1.29, 1.82) is 0 Å². The van der Waals surface area contributed by atoms with E-state index in [1.165, 1.54) is 6.33 Å². The van der Waals surface area contributed by atoms with Crippen molar-refractivity contribution in [2.75, 3.05) is 11.9 Å². The van der Waals surface area contributed by atoms with E-state index in [1.54, 1.807) is 6.20 Å². The van der Waals surface area contributed by atoms with Crippen LogP contribution in [0.25, 0.3) is 11.0 Å². The van der Waals surface area contributed by atoms with Gasteiger partial charge in [0.2, 0.25) is 5.91 Å². The Hall–Kier alpha value is -3.75. The minimum atomic E-state index is -0.363. The van der Waals surface area contributed by atoms with Crippen molar-refractivity contribution in [3.63, 3.8) is 0 Å². The summed E-state index contributed by atoms with van der Waals surface area (Å²) in [5, 5.41) is 5.79. The highest BCUT2D eigenvalue weighted by Gasteiger charge is 2.24. The van der Waals surface area contributed by atoms with Gasteiger partial charge in [0.25, 0.3) is 5.91 Å². The Balaban J connectivity index is 1.30. The van der Waals surface area contributed by atoms with Gasteiger partial charge in [-0.2, -0.15) is 0 Å². The van der Waals surface area contributed by atoms with Crippen LogP contribution in [0.5, 0.6) is 5.75 Å². The minimum absolute atomic E-state index is 0.0112. The van der Waals surface area contributed by atoms with E-state index < -0.39 is 0 Å². The van der Waals surface area contributed by atoms with Gasteiger partial charge < -0.3 is 20.4 Å². The molecular weight excluding hydrogens is 410 g/mol. The SMILES string of the molecule is O=C1COc2ccc(CNC(=O)c3ncnc4c(NC(=O)C5CCCC5)c[nH]c34)cc2C1. The molecule has 9 nitrogen and oxygen atoms in total. The number of benzene rings is 1. The van der Waals surface area contributed by atoms with Gasteiger partial charge in [-0.3, -0.25) is 14.4 Å². The van der Waals surface area contributed by atoms with E-state index >= 15 is 0 Å². The number of aromatic nitrogens is 3. The second-order valence-corrected chi connectivity index (χ2v) is 8.25. The first kappa shape index (κ1) is 20.2. The third kappa shape index (κ3) is 3.93. The van der Waals surface area contributed by atoms with Crippen LogP contribution in [0.2, 0.25) is 0 Å². The molecule has 3 aromatic rings. The highest BCUT2D eigenvalue weighted by Crippen LogP contribution is 2.28. The van der Waals surface area contributed by atoms with Crippen molar-refractivity contribution in [1.82, 2.24) is 20.3 Å². The van der Waals surface area contributed by atoms with Crippen LogP contribution in [-0.4, -0.2) is 39.2 Å². The van der Waals surface area contributed by atoms with Gasteiger partial charge in [0.15, 0.2) is 11.5 Å². The van der Waals surface area contributed by atoms with E-state index in [-0.39, 0.29) is 42.4 Å². The molecule has 32 heavy (non-hydrogen) atoms. The van der Waals surface area contributed by atoms with E-state index in [9.17, 15) is 14.4 Å². The van der Waals surface area contributed by atoms with Crippen LogP contribution < -0.4 is 15.4 Å². The predicted molar refractivity (Wildman–Crippen MR) is 116 cm³/mol. The lowest BCUT2D eigenvalue weighted by molar-refractivity contribution is -0.121. The smallest absolute Gasteiger partial charge is 0.272 e. The molecule has 5 rings (SSSR count). The van der Waals surface area contributed by atoms with Crippen molar-refractivity contribution in [3.05, 3.63) is 47.5 Å². The third-order valence-electron chi connectivity index (χ3n) is 6.02. The van der Waals surface area contributed by atoms with Gasteiger partial charge in [0.1, 0.15) is 24.2 Å². The summed E-state index contributed by atoms with van der Waals surface area (Å²) in [5.41, 5.74) is 3.40. The van der Waals surface area contributed by atoms with Gasteiger partial charge in [-0.15, -0.1) is 0 Å². The molecule has 2 amide bonds. The van der Waals surface area contributed by atoms with Gasteiger partial charge in [0, 0.05) is 30.6 Å². The molecular formula is C23H23N5O4. The molecule has 2 aromatic heterocycles. The Kier molecular flexibility index (Phi) is 5.30. The summed E-state index contributed by atoms with van der Waals surface area (Å²) in [6.45, 7) is 0.379. The molecule has 1 aliphatic heterocycles. The lowest BCUT2D eigenvalue weighted by Crippen LogP contribution is -2.25. The molecule has 2 aliphatic rings. The summed E-state index contributed by atoms with van der Waals surface area (Å²) in [6.07, 6.45) is 7.25. The zero-order valence-corrected chi connectivity index (χ0v) is 17.4. The molecule has 1 aliphatic carbocycles. The van der Waals surface area contributed by atoms with E-state index in [1.807, 2.05) is 18.2 Å². The van der Waals surface area contributed by atoms with Crippen molar-refractivity contribution in [2.24, 2.45) is 5.92 Å². The molecule has 0 radical (unpaired) electrons. The first-order valence-electron chi connectivity index (χ1n) is 10.8. The van der Waals surface area contributed by atoms with Gasteiger partial charge >= 0.3 is 0 Å². The average molecular weight is 433 g/mol. The van der Waals surface area contributed by atoms with E-state index in [0.29, 0.717) is 28.9 Å². The Morgan fingerprint density at radius 3 is 2.88 bits per heavy atom. The van der Waals surface area contributed by atoms with Crippen LogP contribution in [0.3, 0.4) is 0 Å². The zero-order valence-electron chi connectivity index (χ0n) is 17.4. The van der Waals surface area contributed by atoms with Crippen LogP contribution in [0.15, 0.2) is 30.7 Å². The Bertz CT molecular complexity index is 1210. The van der Waals surface area contributed by atoms with Gasteiger partial charge in [0.05, 0.1) is 11.2 Å². The molecule has 0 bridgehead atoms. The van der Waals surface area contributed by atoms with Gasteiger partial charge in [-0.1, -0.05) is 18.9 Å². The summed E-state index contributed by atoms with van der Waals surface area (Å²) in [5.74, 6) is 0.392. The molecule has 9 heteroatoms. The van der Waals surface area contributed by atoms with E-state index in [4.69, 9.17) is 4.74 Å². The molecule has 1 aromatic carbocycles. The lowest BCUT2D eigenvalue weighted by atomic mass is 10.0. The van der Waals surface area contributed by atoms with Crippen molar-refractivity contribution < 1.29 is 19.1 Å². The number of H-pyrrole nitrogens is 1. The largest absolute Gasteiger partial charge is 0.486 e. The Labute approximate surface area is 184 Å². The molecule has 0 saturated heterocycles. The standard InChI is InChI=1S/C23H23N5O4/c29-16-8-15-7-13(5-6-18(15)32-11-16)9-25-23(31)21-20-19(26-12-27-21)17(10-24-20)28-22(30)14-3-1-2-4-14/h5-7,10,12,14,24H,1-4,8-9,11H2,(H,25,31)(H,28,30). The fourth-order valence-electron chi connectivity index (χ4n) is 4.34. The topological polar surface area (TPSA) is 126 Å². The normalized spacial score (nSPS) is 15.9. The second-order valence-electron chi connectivity index (χ2n) is 8.25. The number of nitrogens with zero attached hydrogens (tertiary/aromatic N) is 2. The fraction of sp³-hybridized carbons (Fsp3) is 0.348. The monoisotopic (exact) mass is 433 g/mol. The molecule has 3 heterocycles. The Morgan fingerprint density at radius 2 is 2.03 bits per heavy atom. The highest BCUT2D eigenvalue weighted by molar-refractivity contribution is 6.08. The predicted octanol–water partition coefficient (Wildman–Crippen LogP) is 2.52. The number of nitrogens with one attached hydrogen (secondary N) is 3. The summed E-state index contributed by atoms with van der Waals surface area (Å²) in [7, 11) is 0. The van der Waals surface area contributed by atoms with E-state index in [0.717, 1.165) is 36.8 Å². The number of ketones is 1. The number of hydrogen-bond donors (Lipinski definition) is 3. The third-order valence-corrected chi connectivity index (χ3v) is 6.02. The number of rotatable bonds is 5. The van der Waals surface area contributed by atoms with Crippen LogP contribution in [-0.2, 0) is 22.6 Å². The summed E-state index contributed by atoms with van der Waals surface area (Å²) >= 11 is 0. The molecule has 0 unspecified atom stereocenters. The van der Waals surface area contributed by atoms with Crippen molar-refractivity contribution >= 4 is 34.3 Å². The quantitative estimate of drug-likeness (QED) is 0.568. The van der Waals surface area contributed by atoms with Gasteiger partial charge in [-0.05, 0) is 30.5 Å². The number of Topliss-reactive ketones (excluding diaryl/α,β-unsaturated/α-hetero) is 1. The minimum Gasteiger partial charge on any atom is -0.486 e. The maximum absolute atomic E-state index is 12.8. The number of carbonyl (C=O) groups excluding carboxylic acids is 3. The van der Waals surface area contributed by atoms with Crippen LogP contribution >= 0.6 is 0 Å². The maximum atomic E-state index is 12.8. The number of fused-ring (bicyclic) bond motifs is 2. The molecule has 1 saturated carbocycles. The summed E-state index contributed by atoms with van der Waals surface area (Å²) < 4.78 is 5.41. The first-order valence-corrected chi connectivity index (χ1v) is 10.8. The molecule has 0 atom stereocenters. The van der Waals surface area contributed by atoms with Crippen LogP contribution in [0.4, 0.5) is 5.69 Å². The van der Waals surface area contributed by atoms with Gasteiger partial charge in [-0.25, -0.2) is 9.97 Å². The number of ether oxygens (including phenoxy) is 1. The summed E-state index contributed by atoms with van der Waals surface area (Å²) in [6, 6.07) is 5.54. The van der Waals surface area contributed by atoms with Crippen LogP contribution in [0.1, 0.15) is 47.3 Å². The van der Waals surface area contributed by atoms with E-state index in [2.05, 4.69) is 25.6 Å². The Morgan fingerprint density at radius 1 is 1.19 bits per heavy atom. The van der Waals surface area contributed by atoms with Crippen LogP contribution in [0, 0.1) is 5.92 Å². The van der Waals surface area contributed by atoms with Crippen molar-refractivity contribution in [2.45, 2.75) is 38.6 Å². The molecule has 164 valence electrons. The zero-order chi connectivity index (χ0) is 22.1. The molecule has 0 spiro atoms. The summed E-state index contributed by atoms with van der Waals surface area (Å²) in [4.78, 5) is 48.3. The molecule has 3 N–H and O–H groups in total. The number of aromatic amines is 1. The van der Waals surface area contributed by atoms with Crippen molar-refractivity contribution in [3.8, 4) is 5.75 Å². The first-order chi connectivity index (χ1) is 15.6.